The van der Waals surface area contributed by atoms with Crippen molar-refractivity contribution in [1.82, 2.24) is 0 Å². The number of rotatable bonds is 9. The van der Waals surface area contributed by atoms with Crippen LogP contribution < -0.4 is 4.74 Å². The molecular formula is C37H35F2O6S2+. The minimum Gasteiger partial charge on any atom is -0.483 e. The van der Waals surface area contributed by atoms with Gasteiger partial charge in [0.25, 0.3) is 0 Å². The van der Waals surface area contributed by atoms with Gasteiger partial charge in [-0.05, 0) is 78.4 Å². The first-order valence-electron chi connectivity index (χ1n) is 15.1. The third-order valence-corrected chi connectivity index (χ3v) is 11.4. The van der Waals surface area contributed by atoms with E-state index in [9.17, 15) is 17.2 Å². The fraction of sp³-hybridized carbons (Fsp3) is 0.243. The molecule has 5 aromatic rings. The van der Waals surface area contributed by atoms with Gasteiger partial charge in [0, 0.05) is 16.5 Å². The molecule has 0 amide bonds. The van der Waals surface area contributed by atoms with Crippen molar-refractivity contribution in [1.29, 1.82) is 0 Å². The summed E-state index contributed by atoms with van der Waals surface area (Å²) in [6, 6.07) is 39.0. The molecule has 47 heavy (non-hydrogen) atoms. The zero-order chi connectivity index (χ0) is 33.5. The SMILES string of the molecule is CC(Oc1ccc([S+](c2ccccc2)c2ccc(C3(c4cccc5ccccc45)OCC(C)(C)CO3)cc2)cc1)C(F)(F)S(=O)(=O)O. The molecule has 1 aliphatic heterocycles. The highest BCUT2D eigenvalue weighted by Crippen LogP contribution is 2.45. The average molecular weight is 678 g/mol. The topological polar surface area (TPSA) is 82.1 Å². The molecule has 1 N–H and O–H groups in total. The Kier molecular flexibility index (Phi) is 8.92. The molecule has 2 atom stereocenters. The quantitative estimate of drug-likeness (QED) is 0.125. The van der Waals surface area contributed by atoms with Crippen molar-refractivity contribution in [3.63, 3.8) is 0 Å². The molecule has 244 valence electrons. The van der Waals surface area contributed by atoms with E-state index in [1.807, 2.05) is 60.7 Å². The first kappa shape index (κ1) is 33.1. The van der Waals surface area contributed by atoms with Crippen LogP contribution in [0.15, 0.2) is 136 Å². The predicted molar refractivity (Wildman–Crippen MR) is 178 cm³/mol. The fourth-order valence-electron chi connectivity index (χ4n) is 5.58. The molecule has 0 saturated carbocycles. The van der Waals surface area contributed by atoms with Crippen LogP contribution in [0.1, 0.15) is 31.9 Å². The normalized spacial score (nSPS) is 17.6. The van der Waals surface area contributed by atoms with Crippen LogP contribution in [0.4, 0.5) is 8.78 Å². The van der Waals surface area contributed by atoms with Crippen molar-refractivity contribution in [3.05, 3.63) is 132 Å². The Labute approximate surface area is 276 Å². The number of hydrogen-bond acceptors (Lipinski definition) is 5. The summed E-state index contributed by atoms with van der Waals surface area (Å²) in [6.45, 7) is 6.14. The largest absolute Gasteiger partial charge is 0.483 e. The highest BCUT2D eigenvalue weighted by atomic mass is 32.2. The van der Waals surface area contributed by atoms with E-state index in [1.54, 1.807) is 12.1 Å². The predicted octanol–water partition coefficient (Wildman–Crippen LogP) is 8.46. The molecule has 1 saturated heterocycles. The second-order valence-electron chi connectivity index (χ2n) is 12.3. The maximum Gasteiger partial charge on any atom is 0.405 e. The molecular weight excluding hydrogens is 643 g/mol. The summed E-state index contributed by atoms with van der Waals surface area (Å²) in [7, 11) is -6.23. The Balaban J connectivity index is 1.37. The van der Waals surface area contributed by atoms with Gasteiger partial charge in [-0.2, -0.15) is 17.2 Å². The molecule has 1 fully saturated rings. The third-order valence-electron chi connectivity index (χ3n) is 8.12. The summed E-state index contributed by atoms with van der Waals surface area (Å²) in [5.41, 5.74) is 1.65. The van der Waals surface area contributed by atoms with Gasteiger partial charge in [0.15, 0.2) is 20.8 Å². The summed E-state index contributed by atoms with van der Waals surface area (Å²) in [5, 5.41) is -2.33. The molecule has 10 heteroatoms. The average Bonchev–Trinajstić information content (AvgIpc) is 3.06. The van der Waals surface area contributed by atoms with Gasteiger partial charge in [-0.15, -0.1) is 0 Å². The van der Waals surface area contributed by atoms with Crippen LogP contribution in [0.3, 0.4) is 0 Å². The lowest BCUT2D eigenvalue weighted by molar-refractivity contribution is -0.283. The Morgan fingerprint density at radius 2 is 1.30 bits per heavy atom. The Morgan fingerprint density at radius 3 is 1.91 bits per heavy atom. The highest BCUT2D eigenvalue weighted by molar-refractivity contribution is 7.97. The number of hydrogen-bond donors (Lipinski definition) is 1. The van der Waals surface area contributed by atoms with Crippen molar-refractivity contribution in [2.75, 3.05) is 13.2 Å². The van der Waals surface area contributed by atoms with Gasteiger partial charge in [-0.3, -0.25) is 4.55 Å². The van der Waals surface area contributed by atoms with Crippen LogP contribution in [-0.4, -0.2) is 37.5 Å². The Hall–Kier alpha value is -3.80. The maximum absolute atomic E-state index is 14.1. The van der Waals surface area contributed by atoms with E-state index in [1.165, 1.54) is 12.1 Å². The summed E-state index contributed by atoms with van der Waals surface area (Å²) in [4.78, 5) is 2.93. The second kappa shape index (κ2) is 12.7. The third kappa shape index (κ3) is 6.53. The van der Waals surface area contributed by atoms with Gasteiger partial charge in [-0.1, -0.05) is 74.5 Å². The first-order chi connectivity index (χ1) is 22.3. The maximum atomic E-state index is 14.1. The van der Waals surface area contributed by atoms with Crippen molar-refractivity contribution in [2.24, 2.45) is 5.41 Å². The zero-order valence-corrected chi connectivity index (χ0v) is 27.7. The van der Waals surface area contributed by atoms with Crippen LogP contribution in [-0.2, 0) is 36.3 Å². The molecule has 1 aliphatic rings. The summed E-state index contributed by atoms with van der Waals surface area (Å²) < 4.78 is 78.0. The summed E-state index contributed by atoms with van der Waals surface area (Å²) in [6.07, 6.45) is -2.10. The number of alkyl halides is 2. The van der Waals surface area contributed by atoms with E-state index < -0.39 is 38.2 Å². The monoisotopic (exact) mass is 677 g/mol. The Morgan fingerprint density at radius 1 is 0.766 bits per heavy atom. The number of benzene rings is 5. The summed E-state index contributed by atoms with van der Waals surface area (Å²) >= 11 is 0. The molecule has 0 bridgehead atoms. The van der Waals surface area contributed by atoms with Gasteiger partial charge < -0.3 is 14.2 Å². The van der Waals surface area contributed by atoms with Gasteiger partial charge in [0.1, 0.15) is 5.75 Å². The molecule has 6 nitrogen and oxygen atoms in total. The van der Waals surface area contributed by atoms with Gasteiger partial charge in [0.2, 0.25) is 5.79 Å². The molecule has 0 radical (unpaired) electrons. The van der Waals surface area contributed by atoms with Crippen molar-refractivity contribution >= 4 is 31.8 Å². The van der Waals surface area contributed by atoms with Crippen molar-refractivity contribution in [3.8, 4) is 5.75 Å². The molecule has 2 unspecified atom stereocenters. The lowest BCUT2D eigenvalue weighted by Crippen LogP contribution is -2.46. The Bertz CT molecular complexity index is 1950. The van der Waals surface area contributed by atoms with Crippen LogP contribution in [0, 0.1) is 5.41 Å². The van der Waals surface area contributed by atoms with Crippen molar-refractivity contribution < 1.29 is 36.0 Å². The van der Waals surface area contributed by atoms with Gasteiger partial charge in [0.05, 0.1) is 24.1 Å². The zero-order valence-electron chi connectivity index (χ0n) is 26.1. The smallest absolute Gasteiger partial charge is 0.405 e. The lowest BCUT2D eigenvalue weighted by atomic mass is 9.88. The minimum absolute atomic E-state index is 0.0445. The molecule has 0 spiro atoms. The van der Waals surface area contributed by atoms with Crippen LogP contribution in [0.25, 0.3) is 10.8 Å². The molecule has 0 aliphatic carbocycles. The number of ether oxygens (including phenoxy) is 3. The lowest BCUT2D eigenvalue weighted by Gasteiger charge is -2.44. The van der Waals surface area contributed by atoms with E-state index in [4.69, 9.17) is 18.8 Å². The minimum atomic E-state index is -5.64. The van der Waals surface area contributed by atoms with E-state index in [0.29, 0.717) is 13.2 Å². The van der Waals surface area contributed by atoms with Crippen LogP contribution >= 0.6 is 0 Å². The first-order valence-corrected chi connectivity index (χ1v) is 17.7. The van der Waals surface area contributed by atoms with Crippen molar-refractivity contribution in [2.45, 2.75) is 52.6 Å². The van der Waals surface area contributed by atoms with E-state index in [2.05, 4.69) is 50.2 Å². The second-order valence-corrected chi connectivity index (χ2v) is 15.8. The number of fused-ring (bicyclic) bond motifs is 1. The molecule has 5 aromatic carbocycles. The highest BCUT2D eigenvalue weighted by Gasteiger charge is 2.51. The van der Waals surface area contributed by atoms with Gasteiger partial charge >= 0.3 is 15.4 Å². The van der Waals surface area contributed by atoms with Crippen LogP contribution in [0.2, 0.25) is 0 Å². The number of halogens is 2. The van der Waals surface area contributed by atoms with E-state index in [0.717, 1.165) is 43.5 Å². The van der Waals surface area contributed by atoms with Crippen LogP contribution in [0.5, 0.6) is 5.75 Å². The molecule has 6 rings (SSSR count). The van der Waals surface area contributed by atoms with Gasteiger partial charge in [-0.25, -0.2) is 0 Å². The standard InChI is InChI=1S/C37H34F2O6S2/c1-26(37(38,39)47(40,41)42)45-29-18-22-32(23-19-29)46(30-12-5-4-6-13-30)31-20-16-28(17-21-31)36(43-24-35(2,3)25-44-36)34-15-9-11-27-10-7-8-14-33(27)34/h4-23,26H,24-25H2,1-3H3/p+1. The molecule has 1 heterocycles. The molecule has 0 aromatic heterocycles. The van der Waals surface area contributed by atoms with E-state index >= 15 is 0 Å². The van der Waals surface area contributed by atoms with E-state index in [-0.39, 0.29) is 11.2 Å². The summed E-state index contributed by atoms with van der Waals surface area (Å²) in [5.74, 6) is -1.07. The fourth-order valence-corrected chi connectivity index (χ4v) is 8.11.